The van der Waals surface area contributed by atoms with Gasteiger partial charge in [-0.1, -0.05) is 44.2 Å². The fraction of sp³-hybridized carbons (Fsp3) is 0.263. The van der Waals surface area contributed by atoms with E-state index in [1.807, 2.05) is 18.2 Å². The summed E-state index contributed by atoms with van der Waals surface area (Å²) in [5.41, 5.74) is 3.67. The van der Waals surface area contributed by atoms with Crippen LogP contribution in [0.2, 0.25) is 0 Å². The van der Waals surface area contributed by atoms with Gasteiger partial charge in [0, 0.05) is 17.8 Å². The van der Waals surface area contributed by atoms with Gasteiger partial charge in [0.15, 0.2) is 0 Å². The van der Waals surface area contributed by atoms with Crippen LogP contribution >= 0.6 is 0 Å². The van der Waals surface area contributed by atoms with Crippen molar-refractivity contribution in [2.24, 2.45) is 5.41 Å². The Hall–Kier alpha value is -2.20. The molecule has 0 aliphatic heterocycles. The van der Waals surface area contributed by atoms with Gasteiger partial charge in [-0.3, -0.25) is 0 Å². The molecule has 2 aromatic carbocycles. The van der Waals surface area contributed by atoms with Crippen molar-refractivity contribution >= 4 is 11.4 Å². The maximum absolute atomic E-state index is 5.44. The molecule has 1 N–H and O–H groups in total. The van der Waals surface area contributed by atoms with Crippen LogP contribution in [0.15, 0.2) is 54.6 Å². The molecule has 102 valence electrons. The van der Waals surface area contributed by atoms with Crippen molar-refractivity contribution in [1.29, 1.82) is 0 Å². The Kier molecular flexibility index (Phi) is 4.48. The zero-order valence-corrected chi connectivity index (χ0v) is 12.2. The van der Waals surface area contributed by atoms with Gasteiger partial charge < -0.3 is 5.32 Å². The lowest BCUT2D eigenvalue weighted by Gasteiger charge is -2.22. The minimum absolute atomic E-state index is 0.139. The Morgan fingerprint density at radius 3 is 2.40 bits per heavy atom. The van der Waals surface area contributed by atoms with Crippen LogP contribution < -0.4 is 5.32 Å². The Balaban J connectivity index is 2.11. The Bertz CT molecular complexity index is 591. The second kappa shape index (κ2) is 6.30. The summed E-state index contributed by atoms with van der Waals surface area (Å²) in [7, 11) is 0. The minimum atomic E-state index is 0.139. The zero-order chi connectivity index (χ0) is 14.4. The molecule has 1 heteroatoms. The lowest BCUT2D eigenvalue weighted by atomic mass is 9.83. The van der Waals surface area contributed by atoms with E-state index in [9.17, 15) is 0 Å². The van der Waals surface area contributed by atoms with Crippen LogP contribution in [0.3, 0.4) is 0 Å². The van der Waals surface area contributed by atoms with Crippen molar-refractivity contribution in [2.75, 3.05) is 5.32 Å². The van der Waals surface area contributed by atoms with Gasteiger partial charge in [0.05, 0.1) is 0 Å². The monoisotopic (exact) mass is 263 g/mol. The van der Waals surface area contributed by atoms with Crippen LogP contribution in [0.1, 0.15) is 25.8 Å². The van der Waals surface area contributed by atoms with Crippen molar-refractivity contribution in [1.82, 2.24) is 0 Å². The highest BCUT2D eigenvalue weighted by molar-refractivity contribution is 5.60. The lowest BCUT2D eigenvalue weighted by Crippen LogP contribution is -2.14. The van der Waals surface area contributed by atoms with E-state index in [0.29, 0.717) is 0 Å². The molecular formula is C19H21N. The van der Waals surface area contributed by atoms with E-state index in [-0.39, 0.29) is 5.41 Å². The molecule has 1 nitrogen and oxygen atoms in total. The number of benzene rings is 2. The third-order valence-electron chi connectivity index (χ3n) is 3.25. The zero-order valence-electron chi connectivity index (χ0n) is 12.2. The minimum Gasteiger partial charge on any atom is -0.356 e. The van der Waals surface area contributed by atoms with E-state index in [1.165, 1.54) is 5.56 Å². The molecule has 2 aromatic rings. The van der Waals surface area contributed by atoms with Gasteiger partial charge in [-0.2, -0.15) is 0 Å². The highest BCUT2D eigenvalue weighted by Gasteiger charge is 2.17. The highest BCUT2D eigenvalue weighted by atomic mass is 14.9. The van der Waals surface area contributed by atoms with Crippen molar-refractivity contribution in [3.8, 4) is 12.3 Å². The number of anilines is 2. The van der Waals surface area contributed by atoms with Gasteiger partial charge in [-0.25, -0.2) is 0 Å². The molecule has 0 saturated carbocycles. The number of nitrogens with one attached hydrogen (secondary N) is 1. The van der Waals surface area contributed by atoms with E-state index in [4.69, 9.17) is 6.42 Å². The Labute approximate surface area is 122 Å². The van der Waals surface area contributed by atoms with Crippen molar-refractivity contribution in [2.45, 2.75) is 26.7 Å². The van der Waals surface area contributed by atoms with Gasteiger partial charge in [0.25, 0.3) is 0 Å². The summed E-state index contributed by atoms with van der Waals surface area (Å²) in [5.74, 6) is 2.77. The van der Waals surface area contributed by atoms with Crippen LogP contribution in [-0.2, 0) is 6.42 Å². The molecular weight excluding hydrogens is 242 g/mol. The predicted octanol–water partition coefficient (Wildman–Crippen LogP) is 5.02. The van der Waals surface area contributed by atoms with Gasteiger partial charge in [0.2, 0.25) is 0 Å². The van der Waals surface area contributed by atoms with Crippen molar-refractivity contribution in [3.63, 3.8) is 0 Å². The molecule has 20 heavy (non-hydrogen) atoms. The standard InChI is InChI=1S/C19H21N/c1-4-13-19(2,3)15-16-9-8-12-18(14-16)20-17-10-6-5-7-11-17/h1,5-12,14,20H,13,15H2,2-3H3. The molecule has 0 aromatic heterocycles. The smallest absolute Gasteiger partial charge is 0.0386 e. The van der Waals surface area contributed by atoms with Gasteiger partial charge in [0.1, 0.15) is 0 Å². The lowest BCUT2D eigenvalue weighted by molar-refractivity contribution is 0.375. The van der Waals surface area contributed by atoms with E-state index < -0.39 is 0 Å². The largest absolute Gasteiger partial charge is 0.356 e. The Morgan fingerprint density at radius 1 is 1.00 bits per heavy atom. The summed E-state index contributed by atoms with van der Waals surface area (Å²) in [5, 5.41) is 3.42. The maximum atomic E-state index is 5.44. The normalized spacial score (nSPS) is 10.8. The first-order valence-electron chi connectivity index (χ1n) is 6.93. The van der Waals surface area contributed by atoms with E-state index in [2.05, 4.69) is 61.5 Å². The Morgan fingerprint density at radius 2 is 1.70 bits per heavy atom. The number of terminal acetylenes is 1. The van der Waals surface area contributed by atoms with Crippen LogP contribution in [0, 0.1) is 17.8 Å². The highest BCUT2D eigenvalue weighted by Crippen LogP contribution is 2.27. The summed E-state index contributed by atoms with van der Waals surface area (Å²) in [6, 6.07) is 18.7. The maximum Gasteiger partial charge on any atom is 0.0386 e. The molecule has 0 unspecified atom stereocenters. The van der Waals surface area contributed by atoms with E-state index >= 15 is 0 Å². The first-order valence-corrected chi connectivity index (χ1v) is 6.93. The number of hydrogen-bond acceptors (Lipinski definition) is 1. The van der Waals surface area contributed by atoms with Crippen LogP contribution in [0.25, 0.3) is 0 Å². The summed E-state index contributed by atoms with van der Waals surface area (Å²) in [4.78, 5) is 0. The molecule has 0 saturated heterocycles. The number of hydrogen-bond donors (Lipinski definition) is 1. The van der Waals surface area contributed by atoms with E-state index in [0.717, 1.165) is 24.2 Å². The first kappa shape index (κ1) is 14.2. The topological polar surface area (TPSA) is 12.0 Å². The fourth-order valence-electron chi connectivity index (χ4n) is 2.34. The van der Waals surface area contributed by atoms with Gasteiger partial charge in [-0.05, 0) is 41.7 Å². The van der Waals surface area contributed by atoms with Gasteiger partial charge in [-0.15, -0.1) is 12.3 Å². The quantitative estimate of drug-likeness (QED) is 0.747. The molecule has 0 aliphatic rings. The van der Waals surface area contributed by atoms with E-state index in [1.54, 1.807) is 0 Å². The number of rotatable bonds is 5. The predicted molar refractivity (Wildman–Crippen MR) is 87.1 cm³/mol. The molecule has 0 fully saturated rings. The van der Waals surface area contributed by atoms with Gasteiger partial charge >= 0.3 is 0 Å². The molecule has 0 amide bonds. The second-order valence-electron chi connectivity index (χ2n) is 5.91. The summed E-state index contributed by atoms with van der Waals surface area (Å²) < 4.78 is 0. The molecule has 0 radical (unpaired) electrons. The van der Waals surface area contributed by atoms with Crippen molar-refractivity contribution < 1.29 is 0 Å². The summed E-state index contributed by atoms with van der Waals surface area (Å²) >= 11 is 0. The molecule has 2 rings (SSSR count). The van der Waals surface area contributed by atoms with Crippen LogP contribution in [0.4, 0.5) is 11.4 Å². The molecule has 0 heterocycles. The number of para-hydroxylation sites is 1. The second-order valence-corrected chi connectivity index (χ2v) is 5.91. The SMILES string of the molecule is C#CCC(C)(C)Cc1cccc(Nc2ccccc2)c1. The molecule has 0 atom stereocenters. The third-order valence-corrected chi connectivity index (χ3v) is 3.25. The van der Waals surface area contributed by atoms with Crippen LogP contribution in [0.5, 0.6) is 0 Å². The average Bonchev–Trinajstić information content (AvgIpc) is 2.39. The van der Waals surface area contributed by atoms with Crippen LogP contribution in [-0.4, -0.2) is 0 Å². The summed E-state index contributed by atoms with van der Waals surface area (Å²) in [6.45, 7) is 4.42. The average molecular weight is 263 g/mol. The third kappa shape index (κ3) is 4.17. The molecule has 0 bridgehead atoms. The molecule has 0 spiro atoms. The summed E-state index contributed by atoms with van der Waals surface area (Å²) in [6.07, 6.45) is 7.22. The first-order chi connectivity index (χ1) is 9.59. The van der Waals surface area contributed by atoms with Crippen molar-refractivity contribution in [3.05, 3.63) is 60.2 Å². The fourth-order valence-corrected chi connectivity index (χ4v) is 2.34. The molecule has 0 aliphatic carbocycles.